The first-order chi connectivity index (χ1) is 8.72. The van der Waals surface area contributed by atoms with Gasteiger partial charge in [-0.1, -0.05) is 20.3 Å². The SMILES string of the molecule is CCC(CC)n1ccc(CC2CCCC(C)N2)n1. The van der Waals surface area contributed by atoms with E-state index in [1.807, 2.05) is 0 Å². The molecule has 3 nitrogen and oxygen atoms in total. The van der Waals surface area contributed by atoms with Gasteiger partial charge in [-0.05, 0) is 38.7 Å². The molecule has 0 bridgehead atoms. The van der Waals surface area contributed by atoms with E-state index >= 15 is 0 Å². The zero-order valence-corrected chi connectivity index (χ0v) is 12.0. The second kappa shape index (κ2) is 6.37. The van der Waals surface area contributed by atoms with Crippen molar-refractivity contribution in [2.24, 2.45) is 0 Å². The second-order valence-corrected chi connectivity index (χ2v) is 5.66. The summed E-state index contributed by atoms with van der Waals surface area (Å²) < 4.78 is 2.15. The van der Waals surface area contributed by atoms with E-state index in [4.69, 9.17) is 5.10 Å². The summed E-state index contributed by atoms with van der Waals surface area (Å²) in [5.74, 6) is 0. The van der Waals surface area contributed by atoms with Crippen molar-refractivity contribution in [3.05, 3.63) is 18.0 Å². The molecule has 1 fully saturated rings. The van der Waals surface area contributed by atoms with Crippen LogP contribution in [0, 0.1) is 0 Å². The molecule has 2 heterocycles. The van der Waals surface area contributed by atoms with Crippen molar-refractivity contribution in [1.82, 2.24) is 15.1 Å². The Morgan fingerprint density at radius 3 is 2.83 bits per heavy atom. The molecular weight excluding hydrogens is 222 g/mol. The van der Waals surface area contributed by atoms with Crippen LogP contribution in [0.25, 0.3) is 0 Å². The van der Waals surface area contributed by atoms with Crippen LogP contribution in [0.4, 0.5) is 0 Å². The number of rotatable bonds is 5. The molecule has 1 aromatic heterocycles. The Balaban J connectivity index is 1.93. The van der Waals surface area contributed by atoms with E-state index in [1.165, 1.54) is 25.0 Å². The molecule has 1 aliphatic heterocycles. The summed E-state index contributed by atoms with van der Waals surface area (Å²) in [7, 11) is 0. The average molecular weight is 249 g/mol. The standard InChI is InChI=1S/C15H27N3/c1-4-15(5-2)18-10-9-14(17-18)11-13-8-6-7-12(3)16-13/h9-10,12-13,15-16H,4-8,11H2,1-3H3. The van der Waals surface area contributed by atoms with Gasteiger partial charge in [0, 0.05) is 24.7 Å². The van der Waals surface area contributed by atoms with Crippen molar-refractivity contribution in [1.29, 1.82) is 0 Å². The fourth-order valence-electron chi connectivity index (χ4n) is 3.01. The predicted molar refractivity (Wildman–Crippen MR) is 75.8 cm³/mol. The second-order valence-electron chi connectivity index (χ2n) is 5.66. The van der Waals surface area contributed by atoms with Crippen molar-refractivity contribution < 1.29 is 0 Å². The van der Waals surface area contributed by atoms with E-state index in [1.54, 1.807) is 0 Å². The normalized spacial score (nSPS) is 24.7. The van der Waals surface area contributed by atoms with Gasteiger partial charge in [-0.2, -0.15) is 5.10 Å². The van der Waals surface area contributed by atoms with Gasteiger partial charge in [0.2, 0.25) is 0 Å². The lowest BCUT2D eigenvalue weighted by atomic mass is 9.96. The molecule has 2 rings (SSSR count). The molecule has 1 saturated heterocycles. The summed E-state index contributed by atoms with van der Waals surface area (Å²) in [6.45, 7) is 6.76. The number of hydrogen-bond acceptors (Lipinski definition) is 2. The number of nitrogens with one attached hydrogen (secondary N) is 1. The van der Waals surface area contributed by atoms with Crippen LogP contribution in [-0.2, 0) is 6.42 Å². The Bertz CT molecular complexity index is 354. The molecule has 2 atom stereocenters. The van der Waals surface area contributed by atoms with E-state index in [0.717, 1.165) is 19.3 Å². The van der Waals surface area contributed by atoms with Gasteiger partial charge in [0.1, 0.15) is 0 Å². The first kappa shape index (κ1) is 13.6. The van der Waals surface area contributed by atoms with Gasteiger partial charge in [0.15, 0.2) is 0 Å². The summed E-state index contributed by atoms with van der Waals surface area (Å²) in [5, 5.41) is 8.43. The van der Waals surface area contributed by atoms with Gasteiger partial charge in [-0.15, -0.1) is 0 Å². The van der Waals surface area contributed by atoms with Crippen molar-refractivity contribution >= 4 is 0 Å². The quantitative estimate of drug-likeness (QED) is 0.867. The fraction of sp³-hybridized carbons (Fsp3) is 0.800. The maximum absolute atomic E-state index is 4.75. The fourth-order valence-corrected chi connectivity index (χ4v) is 3.01. The zero-order valence-electron chi connectivity index (χ0n) is 12.0. The van der Waals surface area contributed by atoms with Crippen molar-refractivity contribution in [3.8, 4) is 0 Å². The Hall–Kier alpha value is -0.830. The van der Waals surface area contributed by atoms with Gasteiger partial charge in [-0.3, -0.25) is 4.68 Å². The molecule has 3 heteroatoms. The zero-order chi connectivity index (χ0) is 13.0. The lowest BCUT2D eigenvalue weighted by Crippen LogP contribution is -2.41. The Kier molecular flexibility index (Phi) is 4.81. The highest BCUT2D eigenvalue weighted by Crippen LogP contribution is 2.18. The van der Waals surface area contributed by atoms with Crippen LogP contribution in [0.5, 0.6) is 0 Å². The molecule has 0 saturated carbocycles. The van der Waals surface area contributed by atoms with E-state index in [2.05, 4.69) is 43.0 Å². The molecule has 1 N–H and O–H groups in total. The van der Waals surface area contributed by atoms with Crippen LogP contribution >= 0.6 is 0 Å². The number of piperidine rings is 1. The van der Waals surface area contributed by atoms with Crippen LogP contribution in [0.2, 0.25) is 0 Å². The molecule has 0 aromatic carbocycles. The van der Waals surface area contributed by atoms with Crippen molar-refractivity contribution in [2.75, 3.05) is 0 Å². The molecule has 0 spiro atoms. The topological polar surface area (TPSA) is 29.9 Å². The molecule has 18 heavy (non-hydrogen) atoms. The predicted octanol–water partition coefficient (Wildman–Crippen LogP) is 3.32. The minimum atomic E-state index is 0.567. The molecule has 102 valence electrons. The van der Waals surface area contributed by atoms with Crippen molar-refractivity contribution in [3.63, 3.8) is 0 Å². The maximum atomic E-state index is 4.75. The largest absolute Gasteiger partial charge is 0.311 e. The molecule has 0 aliphatic carbocycles. The summed E-state index contributed by atoms with van der Waals surface area (Å²) in [6, 6.07) is 4.06. The number of nitrogens with zero attached hydrogens (tertiary/aromatic N) is 2. The smallest absolute Gasteiger partial charge is 0.0640 e. The van der Waals surface area contributed by atoms with E-state index < -0.39 is 0 Å². The summed E-state index contributed by atoms with van der Waals surface area (Å²) >= 11 is 0. The summed E-state index contributed by atoms with van der Waals surface area (Å²) in [5.41, 5.74) is 1.24. The van der Waals surface area contributed by atoms with E-state index in [9.17, 15) is 0 Å². The molecule has 2 unspecified atom stereocenters. The van der Waals surface area contributed by atoms with Crippen LogP contribution in [0.3, 0.4) is 0 Å². The lowest BCUT2D eigenvalue weighted by molar-refractivity contribution is 0.330. The first-order valence-electron chi connectivity index (χ1n) is 7.53. The highest BCUT2D eigenvalue weighted by atomic mass is 15.3. The monoisotopic (exact) mass is 249 g/mol. The van der Waals surface area contributed by atoms with Crippen LogP contribution in [-0.4, -0.2) is 21.9 Å². The lowest BCUT2D eigenvalue weighted by Gasteiger charge is -2.28. The van der Waals surface area contributed by atoms with Crippen molar-refractivity contribution in [2.45, 2.75) is 77.4 Å². The van der Waals surface area contributed by atoms with Gasteiger partial charge >= 0.3 is 0 Å². The van der Waals surface area contributed by atoms with Gasteiger partial charge in [0.05, 0.1) is 11.7 Å². The van der Waals surface area contributed by atoms with Crippen LogP contribution < -0.4 is 5.32 Å². The average Bonchev–Trinajstić information content (AvgIpc) is 2.79. The molecule has 1 aliphatic rings. The minimum absolute atomic E-state index is 0.567. The highest BCUT2D eigenvalue weighted by Gasteiger charge is 2.19. The first-order valence-corrected chi connectivity index (χ1v) is 7.53. The summed E-state index contributed by atoms with van der Waals surface area (Å²) in [4.78, 5) is 0. The van der Waals surface area contributed by atoms with Crippen LogP contribution in [0.1, 0.15) is 64.6 Å². The third kappa shape index (κ3) is 3.35. The van der Waals surface area contributed by atoms with Gasteiger partial charge in [0.25, 0.3) is 0 Å². The Morgan fingerprint density at radius 2 is 2.17 bits per heavy atom. The third-order valence-corrected chi connectivity index (χ3v) is 4.15. The third-order valence-electron chi connectivity index (χ3n) is 4.15. The van der Waals surface area contributed by atoms with E-state index in [0.29, 0.717) is 18.1 Å². The van der Waals surface area contributed by atoms with Crippen LogP contribution in [0.15, 0.2) is 12.3 Å². The highest BCUT2D eigenvalue weighted by molar-refractivity contribution is 5.03. The Morgan fingerprint density at radius 1 is 1.39 bits per heavy atom. The number of hydrogen-bond donors (Lipinski definition) is 1. The molecule has 0 amide bonds. The Labute approximate surface area is 111 Å². The molecular formula is C15H27N3. The van der Waals surface area contributed by atoms with Gasteiger partial charge < -0.3 is 5.32 Å². The maximum Gasteiger partial charge on any atom is 0.0640 e. The number of aromatic nitrogens is 2. The van der Waals surface area contributed by atoms with E-state index in [-0.39, 0.29) is 0 Å². The van der Waals surface area contributed by atoms with Gasteiger partial charge in [-0.25, -0.2) is 0 Å². The summed E-state index contributed by atoms with van der Waals surface area (Å²) in [6.07, 6.45) is 9.52. The minimum Gasteiger partial charge on any atom is -0.311 e. The molecule has 0 radical (unpaired) electrons. The molecule has 1 aromatic rings.